The molecule has 0 aliphatic carbocycles. The Labute approximate surface area is 133 Å². The van der Waals surface area contributed by atoms with Crippen molar-refractivity contribution < 1.29 is 3.56 Å². The third-order valence-corrected chi connectivity index (χ3v) is 0. The van der Waals surface area contributed by atoms with Crippen molar-refractivity contribution in [3.63, 3.8) is 0 Å². The van der Waals surface area contributed by atoms with E-state index in [0.29, 0.717) is 0 Å². The first-order valence-electron chi connectivity index (χ1n) is 0.143. The summed E-state index contributed by atoms with van der Waals surface area (Å²) < 4.78 is 9.31. The van der Waals surface area contributed by atoms with Crippen LogP contribution in [0.2, 0.25) is 0 Å². The fourth-order valence-corrected chi connectivity index (χ4v) is 0. The molecule has 0 saturated carbocycles. The first kappa shape index (κ1) is 22.9. The zero-order chi connectivity index (χ0) is 2.00. The van der Waals surface area contributed by atoms with Crippen LogP contribution in [0, 0.1) is 0 Å². The molecule has 0 aromatic heterocycles. The van der Waals surface area contributed by atoms with Crippen molar-refractivity contribution >= 4 is 134 Å². The summed E-state index contributed by atoms with van der Waals surface area (Å²) in [6.07, 6.45) is 0. The molecule has 0 unspecified atom stereocenters. The van der Waals surface area contributed by atoms with Crippen LogP contribution in [-0.2, 0) is 0 Å². The van der Waals surface area contributed by atoms with E-state index in [2.05, 4.69) is 0 Å². The predicted octanol–water partition coefficient (Wildman–Crippen LogP) is 0.123. The molecule has 0 aromatic rings. The summed E-state index contributed by atoms with van der Waals surface area (Å²) in [6.45, 7) is 0. The molecule has 0 spiro atoms. The van der Waals surface area contributed by atoms with Gasteiger partial charge in [0.1, 0.15) is 0 Å². The van der Waals surface area contributed by atoms with Crippen molar-refractivity contribution in [1.29, 1.82) is 0 Å². The number of halogens is 2. The Hall–Kier alpha value is 4.23. The van der Waals surface area contributed by atoms with Crippen LogP contribution < -0.4 is 0 Å². The molecule has 6 radical (unpaired) electrons. The standard InChI is InChI=1S/Ba.BrF.Mg.Sr/c;1-2;;. The van der Waals surface area contributed by atoms with Gasteiger partial charge in [-0.2, -0.15) is 3.56 Å². The maximum atomic E-state index is 9.31. The number of rotatable bonds is 0. The second-order valence-electron chi connectivity index (χ2n) is 0. The zero-order valence-corrected chi connectivity index (χ0v) is 13.8. The van der Waals surface area contributed by atoms with Crippen molar-refractivity contribution in [2.24, 2.45) is 0 Å². The SMILES string of the molecule is FBr.[Ba].[Mg].[Sr]. The molecule has 0 N–H and O–H groups in total. The Morgan fingerprint density at radius 1 is 1.20 bits per heavy atom. The van der Waals surface area contributed by atoms with E-state index in [1.165, 1.54) is 16.4 Å². The molecule has 0 bridgehead atoms. The van der Waals surface area contributed by atoms with Gasteiger partial charge in [0, 0.05) is 117 Å². The van der Waals surface area contributed by atoms with Crippen LogP contribution in [-0.4, -0.2) is 117 Å². The largest absolute Gasteiger partial charge is 0.158 e. The van der Waals surface area contributed by atoms with Gasteiger partial charge in [0.25, 0.3) is 0 Å². The molecule has 5 heavy (non-hydrogen) atoms. The molecule has 0 atom stereocenters. The molecule has 0 aromatic carbocycles. The van der Waals surface area contributed by atoms with Gasteiger partial charge in [-0.25, -0.2) is 0 Å². The zero-order valence-electron chi connectivity index (χ0n) is 2.88. The summed E-state index contributed by atoms with van der Waals surface area (Å²) in [6, 6.07) is 0. The Morgan fingerprint density at radius 2 is 1.20 bits per heavy atom. The third kappa shape index (κ3) is 17.9. The molecular weight excluding hydrogens is 348 g/mol. The van der Waals surface area contributed by atoms with Crippen LogP contribution in [0.4, 0.5) is 3.56 Å². The fraction of sp³-hybridized carbons (Fsp3) is 0. The van der Waals surface area contributed by atoms with Gasteiger partial charge in [0.2, 0.25) is 0 Å². The van der Waals surface area contributed by atoms with Gasteiger partial charge in [-0.1, -0.05) is 0 Å². The first-order valence-corrected chi connectivity index (χ1v) is 0.742. The molecule has 0 aliphatic heterocycles. The minimum absolute atomic E-state index is 0. The maximum absolute atomic E-state index is 9.31. The summed E-state index contributed by atoms with van der Waals surface area (Å²) >= 11 is 1.44. The van der Waals surface area contributed by atoms with Gasteiger partial charge in [-0.3, -0.25) is 0 Å². The van der Waals surface area contributed by atoms with Crippen molar-refractivity contribution in [3.8, 4) is 0 Å². The van der Waals surface area contributed by atoms with Gasteiger partial charge in [0.05, 0.1) is 0 Å². The summed E-state index contributed by atoms with van der Waals surface area (Å²) in [4.78, 5) is 0. The minimum Gasteiger partial charge on any atom is -0.158 e. The normalized spacial score (nSPS) is 1.20. The fourth-order valence-electron chi connectivity index (χ4n) is 0. The average molecular weight is 348 g/mol. The van der Waals surface area contributed by atoms with Crippen LogP contribution in [0.1, 0.15) is 0 Å². The molecule has 0 heterocycles. The van der Waals surface area contributed by atoms with E-state index in [-0.39, 0.29) is 117 Å². The average Bonchev–Trinajstić information content (AvgIpc) is 1.00. The van der Waals surface area contributed by atoms with E-state index in [0.717, 1.165) is 0 Å². The van der Waals surface area contributed by atoms with E-state index < -0.39 is 0 Å². The van der Waals surface area contributed by atoms with Gasteiger partial charge in [0.15, 0.2) is 16.4 Å². The van der Waals surface area contributed by atoms with Crippen molar-refractivity contribution in [2.75, 3.05) is 0 Å². The van der Waals surface area contributed by atoms with E-state index in [9.17, 15) is 3.56 Å². The molecule has 0 rings (SSSR count). The van der Waals surface area contributed by atoms with Crippen molar-refractivity contribution in [1.82, 2.24) is 0 Å². The summed E-state index contributed by atoms with van der Waals surface area (Å²) in [5.74, 6) is 0. The smallest absolute Gasteiger partial charge is 0.158 e. The molecular formula is BaBrFMgSr. The molecule has 20 valence electrons. The Balaban J connectivity index is -0.00000000167. The molecule has 0 saturated heterocycles. The monoisotopic (exact) mass is 348 g/mol. The summed E-state index contributed by atoms with van der Waals surface area (Å²) in [5, 5.41) is 0. The van der Waals surface area contributed by atoms with Crippen LogP contribution in [0.25, 0.3) is 0 Å². The maximum Gasteiger partial charge on any atom is 0.158 e. The molecule has 0 amide bonds. The van der Waals surface area contributed by atoms with Crippen LogP contribution in [0.3, 0.4) is 0 Å². The summed E-state index contributed by atoms with van der Waals surface area (Å²) in [7, 11) is 0. The van der Waals surface area contributed by atoms with E-state index in [1.807, 2.05) is 0 Å². The number of hydrogen-bond acceptors (Lipinski definition) is 0. The summed E-state index contributed by atoms with van der Waals surface area (Å²) in [5.41, 5.74) is 0. The quantitative estimate of drug-likeness (QED) is 0.546. The van der Waals surface area contributed by atoms with E-state index in [4.69, 9.17) is 0 Å². The topological polar surface area (TPSA) is 0 Å². The second-order valence-corrected chi connectivity index (χ2v) is 0. The van der Waals surface area contributed by atoms with Gasteiger partial charge in [-0.05, 0) is 0 Å². The Kier molecular flexibility index (Phi) is 110. The van der Waals surface area contributed by atoms with Crippen LogP contribution in [0.15, 0.2) is 0 Å². The molecule has 0 aliphatic rings. The Morgan fingerprint density at radius 3 is 1.20 bits per heavy atom. The van der Waals surface area contributed by atoms with E-state index >= 15 is 0 Å². The first-order chi connectivity index (χ1) is 1.00. The van der Waals surface area contributed by atoms with Crippen molar-refractivity contribution in [3.05, 3.63) is 0 Å². The predicted molar refractivity (Wildman–Crippen MR) is 27.3 cm³/mol. The molecule has 0 fully saturated rings. The van der Waals surface area contributed by atoms with Gasteiger partial charge >= 0.3 is 0 Å². The minimum atomic E-state index is 0. The Bertz CT molecular complexity index is 11.6. The molecule has 0 nitrogen and oxygen atoms in total. The van der Waals surface area contributed by atoms with Crippen LogP contribution >= 0.6 is 16.4 Å². The van der Waals surface area contributed by atoms with E-state index in [1.54, 1.807) is 0 Å². The molecule has 5 heteroatoms. The third-order valence-electron chi connectivity index (χ3n) is 0. The number of hydrogen-bond donors (Lipinski definition) is 0. The van der Waals surface area contributed by atoms with Gasteiger partial charge in [-0.15, -0.1) is 0 Å². The van der Waals surface area contributed by atoms with Crippen molar-refractivity contribution in [2.45, 2.75) is 0 Å². The van der Waals surface area contributed by atoms with Crippen LogP contribution in [0.5, 0.6) is 0 Å². The van der Waals surface area contributed by atoms with Gasteiger partial charge < -0.3 is 0 Å². The second kappa shape index (κ2) is 24.0.